The molecule has 0 saturated carbocycles. The molecule has 1 aliphatic heterocycles. The van der Waals surface area contributed by atoms with Gasteiger partial charge in [-0.2, -0.15) is 0 Å². The summed E-state index contributed by atoms with van der Waals surface area (Å²) in [6, 6.07) is 16.7. The zero-order valence-corrected chi connectivity index (χ0v) is 10.8. The molecule has 1 heterocycles. The third-order valence-corrected chi connectivity index (χ3v) is 3.47. The van der Waals surface area contributed by atoms with Crippen molar-refractivity contribution >= 4 is 5.69 Å². The Hall–Kier alpha value is -1.96. The predicted octanol–water partition coefficient (Wildman–Crippen LogP) is 3.74. The summed E-state index contributed by atoms with van der Waals surface area (Å²) < 4.78 is 5.98. The zero-order valence-electron chi connectivity index (χ0n) is 10.8. The Bertz CT molecular complexity index is 565. The molecule has 2 heteroatoms. The van der Waals surface area contributed by atoms with E-state index in [2.05, 4.69) is 55.1 Å². The Morgan fingerprint density at radius 1 is 1.06 bits per heavy atom. The third kappa shape index (κ3) is 1.84. The first kappa shape index (κ1) is 11.1. The number of hydrogen-bond donors (Lipinski definition) is 0. The van der Waals surface area contributed by atoms with Crippen LogP contribution in [-0.4, -0.2) is 6.23 Å². The van der Waals surface area contributed by atoms with Gasteiger partial charge in [0.25, 0.3) is 0 Å². The van der Waals surface area contributed by atoms with Crippen LogP contribution in [0.2, 0.25) is 0 Å². The maximum atomic E-state index is 5.98. The summed E-state index contributed by atoms with van der Waals surface area (Å²) in [6.45, 7) is 5.15. The lowest BCUT2D eigenvalue weighted by Gasteiger charge is -2.37. The van der Waals surface area contributed by atoms with Gasteiger partial charge in [0.15, 0.2) is 6.23 Å². The topological polar surface area (TPSA) is 12.5 Å². The molecule has 0 spiro atoms. The second kappa shape index (κ2) is 4.37. The van der Waals surface area contributed by atoms with Gasteiger partial charge in [0.1, 0.15) is 5.75 Å². The first-order chi connectivity index (χ1) is 8.75. The number of ether oxygens (including phenoxy) is 1. The minimum Gasteiger partial charge on any atom is -0.470 e. The standard InChI is InChI=1S/C16H17NO/c1-12-7-3-5-9-15(12)17-11-14-8-4-6-10-16(14)18-13(17)2/h3-10,13H,11H2,1-2H3. The highest BCUT2D eigenvalue weighted by Crippen LogP contribution is 2.32. The number of rotatable bonds is 1. The molecular formula is C16H17NO. The van der Waals surface area contributed by atoms with Crippen LogP contribution in [0.4, 0.5) is 5.69 Å². The van der Waals surface area contributed by atoms with Crippen LogP contribution in [0, 0.1) is 6.92 Å². The van der Waals surface area contributed by atoms with Crippen molar-refractivity contribution in [1.82, 2.24) is 0 Å². The number of anilines is 1. The van der Waals surface area contributed by atoms with Gasteiger partial charge >= 0.3 is 0 Å². The third-order valence-electron chi connectivity index (χ3n) is 3.47. The van der Waals surface area contributed by atoms with Gasteiger partial charge in [-0.3, -0.25) is 0 Å². The Morgan fingerprint density at radius 3 is 2.61 bits per heavy atom. The zero-order chi connectivity index (χ0) is 12.5. The quantitative estimate of drug-likeness (QED) is 0.751. The van der Waals surface area contributed by atoms with E-state index in [0.717, 1.165) is 12.3 Å². The van der Waals surface area contributed by atoms with Crippen LogP contribution >= 0.6 is 0 Å². The summed E-state index contributed by atoms with van der Waals surface area (Å²) in [6.07, 6.45) is 0.0704. The summed E-state index contributed by atoms with van der Waals surface area (Å²) in [5.41, 5.74) is 3.78. The number of benzene rings is 2. The van der Waals surface area contributed by atoms with Crippen molar-refractivity contribution in [1.29, 1.82) is 0 Å². The summed E-state index contributed by atoms with van der Waals surface area (Å²) in [5.74, 6) is 1.01. The van der Waals surface area contributed by atoms with Crippen LogP contribution in [0.25, 0.3) is 0 Å². The molecule has 0 bridgehead atoms. The van der Waals surface area contributed by atoms with Crippen molar-refractivity contribution in [3.8, 4) is 5.75 Å². The van der Waals surface area contributed by atoms with Crippen LogP contribution in [-0.2, 0) is 6.54 Å². The highest BCUT2D eigenvalue weighted by molar-refractivity contribution is 5.55. The van der Waals surface area contributed by atoms with E-state index in [-0.39, 0.29) is 6.23 Å². The van der Waals surface area contributed by atoms with E-state index in [1.165, 1.54) is 16.8 Å². The molecule has 2 nitrogen and oxygen atoms in total. The molecule has 2 aromatic carbocycles. The number of para-hydroxylation sites is 2. The normalized spacial score (nSPS) is 18.1. The van der Waals surface area contributed by atoms with Crippen LogP contribution < -0.4 is 9.64 Å². The van der Waals surface area contributed by atoms with Gasteiger partial charge in [-0.25, -0.2) is 0 Å². The molecule has 3 rings (SSSR count). The highest BCUT2D eigenvalue weighted by Gasteiger charge is 2.24. The molecule has 1 unspecified atom stereocenters. The van der Waals surface area contributed by atoms with Crippen molar-refractivity contribution in [2.75, 3.05) is 4.90 Å². The lowest BCUT2D eigenvalue weighted by atomic mass is 10.1. The number of fused-ring (bicyclic) bond motifs is 1. The molecule has 18 heavy (non-hydrogen) atoms. The molecule has 0 fully saturated rings. The predicted molar refractivity (Wildman–Crippen MR) is 73.9 cm³/mol. The fourth-order valence-electron chi connectivity index (χ4n) is 2.48. The van der Waals surface area contributed by atoms with Gasteiger partial charge < -0.3 is 9.64 Å². The van der Waals surface area contributed by atoms with E-state index in [0.29, 0.717) is 0 Å². The first-order valence-corrected chi connectivity index (χ1v) is 6.32. The van der Waals surface area contributed by atoms with Gasteiger partial charge in [0, 0.05) is 11.3 Å². The molecule has 0 N–H and O–H groups in total. The maximum Gasteiger partial charge on any atom is 0.169 e. The molecule has 0 saturated heterocycles. The number of aryl methyl sites for hydroxylation is 1. The first-order valence-electron chi connectivity index (χ1n) is 6.32. The van der Waals surface area contributed by atoms with Gasteiger partial charge in [-0.05, 0) is 31.5 Å². The minimum absolute atomic E-state index is 0.0704. The average Bonchev–Trinajstić information content (AvgIpc) is 2.39. The molecule has 0 radical (unpaired) electrons. The number of hydrogen-bond acceptors (Lipinski definition) is 2. The van der Waals surface area contributed by atoms with Gasteiger partial charge in [0.2, 0.25) is 0 Å². The van der Waals surface area contributed by atoms with Gasteiger partial charge in [-0.15, -0.1) is 0 Å². The van der Waals surface area contributed by atoms with Crippen LogP contribution in [0.5, 0.6) is 5.75 Å². The van der Waals surface area contributed by atoms with E-state index in [1.54, 1.807) is 0 Å². The van der Waals surface area contributed by atoms with Crippen LogP contribution in [0.3, 0.4) is 0 Å². The van der Waals surface area contributed by atoms with Crippen molar-refractivity contribution < 1.29 is 4.74 Å². The molecule has 0 amide bonds. The molecule has 1 atom stereocenters. The molecular weight excluding hydrogens is 222 g/mol. The monoisotopic (exact) mass is 239 g/mol. The average molecular weight is 239 g/mol. The second-order valence-corrected chi connectivity index (χ2v) is 4.74. The minimum atomic E-state index is 0.0704. The van der Waals surface area contributed by atoms with Crippen LogP contribution in [0.1, 0.15) is 18.1 Å². The summed E-state index contributed by atoms with van der Waals surface area (Å²) >= 11 is 0. The molecule has 0 aromatic heterocycles. The largest absolute Gasteiger partial charge is 0.470 e. The summed E-state index contributed by atoms with van der Waals surface area (Å²) in [5, 5.41) is 0. The Kier molecular flexibility index (Phi) is 2.71. The molecule has 92 valence electrons. The fraction of sp³-hybridized carbons (Fsp3) is 0.250. The lowest BCUT2D eigenvalue weighted by Crippen LogP contribution is -2.40. The van der Waals surface area contributed by atoms with Crippen molar-refractivity contribution in [2.24, 2.45) is 0 Å². The second-order valence-electron chi connectivity index (χ2n) is 4.74. The van der Waals surface area contributed by atoms with Crippen molar-refractivity contribution in [3.05, 3.63) is 59.7 Å². The Labute approximate surface area is 108 Å². The Balaban J connectivity index is 1.99. The van der Waals surface area contributed by atoms with E-state index >= 15 is 0 Å². The van der Waals surface area contributed by atoms with E-state index < -0.39 is 0 Å². The van der Waals surface area contributed by atoms with Crippen molar-refractivity contribution in [2.45, 2.75) is 26.6 Å². The lowest BCUT2D eigenvalue weighted by molar-refractivity contribution is 0.194. The highest BCUT2D eigenvalue weighted by atomic mass is 16.5. The van der Waals surface area contributed by atoms with E-state index in [4.69, 9.17) is 4.74 Å². The van der Waals surface area contributed by atoms with Gasteiger partial charge in [-0.1, -0.05) is 36.4 Å². The fourth-order valence-corrected chi connectivity index (χ4v) is 2.48. The Morgan fingerprint density at radius 2 is 1.78 bits per heavy atom. The van der Waals surface area contributed by atoms with E-state index in [1.807, 2.05) is 12.1 Å². The van der Waals surface area contributed by atoms with Crippen LogP contribution in [0.15, 0.2) is 48.5 Å². The number of nitrogens with zero attached hydrogens (tertiary/aromatic N) is 1. The summed E-state index contributed by atoms with van der Waals surface area (Å²) in [7, 11) is 0. The molecule has 2 aromatic rings. The molecule has 1 aliphatic rings. The summed E-state index contributed by atoms with van der Waals surface area (Å²) in [4.78, 5) is 2.30. The van der Waals surface area contributed by atoms with E-state index in [9.17, 15) is 0 Å². The van der Waals surface area contributed by atoms with Gasteiger partial charge in [0.05, 0.1) is 6.54 Å². The SMILES string of the molecule is Cc1ccccc1N1Cc2ccccc2OC1C. The smallest absolute Gasteiger partial charge is 0.169 e. The maximum absolute atomic E-state index is 5.98. The molecule has 0 aliphatic carbocycles. The van der Waals surface area contributed by atoms with Crippen molar-refractivity contribution in [3.63, 3.8) is 0 Å².